The van der Waals surface area contributed by atoms with Crippen LogP contribution < -0.4 is 0 Å². The smallest absolute Gasteiger partial charge is 0.219 e. The van der Waals surface area contributed by atoms with Crippen molar-refractivity contribution in [3.63, 3.8) is 0 Å². The summed E-state index contributed by atoms with van der Waals surface area (Å²) in [4.78, 5) is 4.29. The van der Waals surface area contributed by atoms with Crippen molar-refractivity contribution in [1.82, 2.24) is 4.98 Å². The molecule has 0 saturated carbocycles. The van der Waals surface area contributed by atoms with Crippen molar-refractivity contribution in [1.29, 1.82) is 0 Å². The summed E-state index contributed by atoms with van der Waals surface area (Å²) in [6.45, 7) is 4.51. The van der Waals surface area contributed by atoms with Crippen LogP contribution >= 0.6 is 0 Å². The molecule has 0 aliphatic heterocycles. The molecular formula is C33H44FN. The maximum Gasteiger partial charge on any atom is 0.221 e. The van der Waals surface area contributed by atoms with Crippen molar-refractivity contribution in [3.8, 4) is 22.4 Å². The third-order valence-corrected chi connectivity index (χ3v) is 7.00. The molecule has 3 aromatic rings. The molecule has 0 aliphatic rings. The molecule has 0 unspecified atom stereocenters. The zero-order valence-electron chi connectivity index (χ0n) is 22.0. The van der Waals surface area contributed by atoms with Gasteiger partial charge in [-0.2, -0.15) is 4.39 Å². The van der Waals surface area contributed by atoms with Crippen LogP contribution in [0.1, 0.15) is 102 Å². The molecule has 35 heavy (non-hydrogen) atoms. The average molecular weight is 474 g/mol. The number of halogens is 1. The van der Waals surface area contributed by atoms with Gasteiger partial charge in [0.25, 0.3) is 0 Å². The van der Waals surface area contributed by atoms with E-state index >= 15 is 0 Å². The van der Waals surface area contributed by atoms with Crippen LogP contribution in [0.4, 0.5) is 4.39 Å². The van der Waals surface area contributed by atoms with E-state index in [0.717, 1.165) is 24.0 Å². The van der Waals surface area contributed by atoms with Crippen molar-refractivity contribution >= 4 is 0 Å². The van der Waals surface area contributed by atoms with Gasteiger partial charge in [0.1, 0.15) is 0 Å². The molecule has 0 N–H and O–H groups in total. The van der Waals surface area contributed by atoms with Crippen LogP contribution in [0.25, 0.3) is 22.4 Å². The Bertz CT molecular complexity index is 975. The normalized spacial score (nSPS) is 11.2. The molecular weight excluding hydrogens is 429 g/mol. The zero-order valence-corrected chi connectivity index (χ0v) is 22.0. The third kappa shape index (κ3) is 9.24. The fraction of sp³-hybridized carbons (Fsp3) is 0.485. The molecule has 0 fully saturated rings. The highest BCUT2D eigenvalue weighted by Gasteiger charge is 2.09. The molecule has 0 atom stereocenters. The Labute approximate surface area is 213 Å². The number of hydrogen-bond donors (Lipinski definition) is 0. The van der Waals surface area contributed by atoms with E-state index in [2.05, 4.69) is 55.2 Å². The molecule has 0 saturated heterocycles. The zero-order chi connectivity index (χ0) is 24.7. The molecule has 2 aromatic carbocycles. The van der Waals surface area contributed by atoms with E-state index < -0.39 is 5.95 Å². The standard InChI is InChI=1S/C33H44FN/c1-3-5-7-9-10-12-14-16-27-17-21-29(22-18-27)31-25-26-32(35-33(31)34)30-23-19-28(20-24-30)15-13-11-8-6-4-2/h17-26H,3-16H2,1-2H3. The number of aryl methyl sites for hydroxylation is 2. The van der Waals surface area contributed by atoms with Gasteiger partial charge in [-0.3, -0.25) is 0 Å². The van der Waals surface area contributed by atoms with Crippen molar-refractivity contribution in [2.75, 3.05) is 0 Å². The van der Waals surface area contributed by atoms with E-state index in [0.29, 0.717) is 11.3 Å². The van der Waals surface area contributed by atoms with Gasteiger partial charge in [0.05, 0.1) is 5.69 Å². The topological polar surface area (TPSA) is 12.9 Å². The van der Waals surface area contributed by atoms with Gasteiger partial charge in [-0.1, -0.05) is 127 Å². The summed E-state index contributed by atoms with van der Waals surface area (Å²) >= 11 is 0. The molecule has 0 radical (unpaired) electrons. The van der Waals surface area contributed by atoms with Crippen LogP contribution in [-0.4, -0.2) is 4.98 Å². The first kappa shape index (κ1) is 27.1. The number of unbranched alkanes of at least 4 members (excludes halogenated alkanes) is 10. The number of nitrogens with zero attached hydrogens (tertiary/aromatic N) is 1. The first-order valence-corrected chi connectivity index (χ1v) is 14.1. The summed E-state index contributed by atoms with van der Waals surface area (Å²) in [5.41, 5.74) is 5.80. The Morgan fingerprint density at radius 1 is 0.514 bits per heavy atom. The maximum absolute atomic E-state index is 14.9. The van der Waals surface area contributed by atoms with Gasteiger partial charge in [-0.05, 0) is 54.5 Å². The largest absolute Gasteiger partial charge is 0.221 e. The molecule has 0 amide bonds. The summed E-state index contributed by atoms with van der Waals surface area (Å²) < 4.78 is 14.9. The van der Waals surface area contributed by atoms with Crippen molar-refractivity contribution in [3.05, 3.63) is 77.7 Å². The number of aromatic nitrogens is 1. The van der Waals surface area contributed by atoms with Crippen LogP contribution in [0, 0.1) is 5.95 Å². The van der Waals surface area contributed by atoms with Crippen molar-refractivity contribution < 1.29 is 4.39 Å². The lowest BCUT2D eigenvalue weighted by molar-refractivity contribution is 0.588. The maximum atomic E-state index is 14.9. The van der Waals surface area contributed by atoms with E-state index in [4.69, 9.17) is 0 Å². The lowest BCUT2D eigenvalue weighted by Gasteiger charge is -2.08. The summed E-state index contributed by atoms with van der Waals surface area (Å²) in [6, 6.07) is 20.6. The second kappa shape index (κ2) is 15.5. The number of rotatable bonds is 16. The van der Waals surface area contributed by atoms with Gasteiger partial charge in [0.2, 0.25) is 5.95 Å². The number of hydrogen-bond acceptors (Lipinski definition) is 1. The summed E-state index contributed by atoms with van der Waals surface area (Å²) in [5, 5.41) is 0. The second-order valence-corrected chi connectivity index (χ2v) is 9.96. The van der Waals surface area contributed by atoms with E-state index in [9.17, 15) is 4.39 Å². The second-order valence-electron chi connectivity index (χ2n) is 9.96. The molecule has 1 aromatic heterocycles. The van der Waals surface area contributed by atoms with Crippen LogP contribution in [0.2, 0.25) is 0 Å². The van der Waals surface area contributed by atoms with E-state index in [-0.39, 0.29) is 0 Å². The lowest BCUT2D eigenvalue weighted by atomic mass is 10.00. The predicted molar refractivity (Wildman–Crippen MR) is 149 cm³/mol. The SMILES string of the molecule is CCCCCCCCCc1ccc(-c2ccc(-c3ccc(CCCCCCC)cc3)nc2F)cc1. The first-order valence-electron chi connectivity index (χ1n) is 14.1. The molecule has 0 aliphatic carbocycles. The Morgan fingerprint density at radius 3 is 1.46 bits per heavy atom. The van der Waals surface area contributed by atoms with Crippen LogP contribution in [0.15, 0.2) is 60.7 Å². The minimum Gasteiger partial charge on any atom is -0.219 e. The predicted octanol–water partition coefficient (Wildman–Crippen LogP) is 10.4. The molecule has 1 nitrogen and oxygen atoms in total. The highest BCUT2D eigenvalue weighted by molar-refractivity contribution is 5.67. The van der Waals surface area contributed by atoms with Gasteiger partial charge < -0.3 is 0 Å². The Hall–Kier alpha value is -2.48. The summed E-state index contributed by atoms with van der Waals surface area (Å²) in [6.07, 6.45) is 17.9. The molecule has 3 rings (SSSR count). The lowest BCUT2D eigenvalue weighted by Crippen LogP contribution is -1.94. The Balaban J connectivity index is 1.51. The highest BCUT2D eigenvalue weighted by Crippen LogP contribution is 2.26. The monoisotopic (exact) mass is 473 g/mol. The number of benzene rings is 2. The van der Waals surface area contributed by atoms with Crippen LogP contribution in [0.3, 0.4) is 0 Å². The van der Waals surface area contributed by atoms with Crippen LogP contribution in [0.5, 0.6) is 0 Å². The molecule has 188 valence electrons. The molecule has 0 spiro atoms. The van der Waals surface area contributed by atoms with E-state index in [1.807, 2.05) is 24.3 Å². The van der Waals surface area contributed by atoms with Gasteiger partial charge in [0.15, 0.2) is 0 Å². The highest BCUT2D eigenvalue weighted by atomic mass is 19.1. The minimum absolute atomic E-state index is 0.401. The van der Waals surface area contributed by atoms with Gasteiger partial charge in [-0.15, -0.1) is 0 Å². The van der Waals surface area contributed by atoms with Crippen molar-refractivity contribution in [2.45, 2.75) is 104 Å². The molecule has 2 heteroatoms. The molecule has 1 heterocycles. The van der Waals surface area contributed by atoms with Gasteiger partial charge in [-0.25, -0.2) is 4.98 Å². The summed E-state index contributed by atoms with van der Waals surface area (Å²) in [5.74, 6) is -0.401. The summed E-state index contributed by atoms with van der Waals surface area (Å²) in [7, 11) is 0. The molecule has 0 bridgehead atoms. The quantitative estimate of drug-likeness (QED) is 0.149. The van der Waals surface area contributed by atoms with E-state index in [1.165, 1.54) is 88.2 Å². The fourth-order valence-corrected chi connectivity index (χ4v) is 4.72. The first-order chi connectivity index (χ1) is 17.2. The fourth-order valence-electron chi connectivity index (χ4n) is 4.72. The third-order valence-electron chi connectivity index (χ3n) is 7.00. The van der Waals surface area contributed by atoms with Gasteiger partial charge in [0, 0.05) is 11.1 Å². The Kier molecular flexibility index (Phi) is 12.0. The van der Waals surface area contributed by atoms with Gasteiger partial charge >= 0.3 is 0 Å². The number of pyridine rings is 1. The van der Waals surface area contributed by atoms with Crippen molar-refractivity contribution in [2.24, 2.45) is 0 Å². The minimum atomic E-state index is -0.401. The average Bonchev–Trinajstić information content (AvgIpc) is 2.89. The Morgan fingerprint density at radius 2 is 0.971 bits per heavy atom. The van der Waals surface area contributed by atoms with E-state index in [1.54, 1.807) is 0 Å². The van der Waals surface area contributed by atoms with Crippen LogP contribution in [-0.2, 0) is 12.8 Å².